The molecule has 0 saturated carbocycles. The molecule has 0 amide bonds. The molecule has 0 aromatic carbocycles. The highest BCUT2D eigenvalue weighted by atomic mass is 16.5. The van der Waals surface area contributed by atoms with Crippen LogP contribution in [0.2, 0.25) is 0 Å². The van der Waals surface area contributed by atoms with Crippen LogP contribution in [0, 0.1) is 5.92 Å². The Hall–Kier alpha value is -0.410. The maximum absolute atomic E-state index is 11.2. The third-order valence-corrected chi connectivity index (χ3v) is 2.23. The second-order valence-corrected chi connectivity index (χ2v) is 3.21. The molecule has 1 N–H and O–H groups in total. The van der Waals surface area contributed by atoms with Gasteiger partial charge in [0.2, 0.25) is 0 Å². The molecule has 3 nitrogen and oxygen atoms in total. The summed E-state index contributed by atoms with van der Waals surface area (Å²) >= 11 is 0. The Bertz CT molecular complexity index is 145. The molecule has 1 saturated heterocycles. The average molecular weight is 172 g/mol. The topological polar surface area (TPSA) is 46.5 Å². The monoisotopic (exact) mass is 172 g/mol. The number of aliphatic hydroxyl groups excluding tert-OH is 1. The number of carbonyl (C=O) groups excluding carboxylic acids is 1. The molecule has 1 rings (SSSR count). The normalized spacial score (nSPS) is 24.4. The van der Waals surface area contributed by atoms with Crippen molar-refractivity contribution in [3.8, 4) is 0 Å². The number of hydrogen-bond acceptors (Lipinski definition) is 3. The minimum atomic E-state index is 0.102. The van der Waals surface area contributed by atoms with E-state index in [0.29, 0.717) is 25.4 Å². The largest absolute Gasteiger partial charge is 0.396 e. The van der Waals surface area contributed by atoms with Crippen molar-refractivity contribution in [2.45, 2.75) is 25.7 Å². The third kappa shape index (κ3) is 2.91. The molecule has 0 aromatic heterocycles. The predicted octanol–water partition coefficient (Wildman–Crippen LogP) is 0.755. The molecule has 0 aromatic rings. The summed E-state index contributed by atoms with van der Waals surface area (Å²) in [6.45, 7) is 1.40. The van der Waals surface area contributed by atoms with Gasteiger partial charge in [-0.3, -0.25) is 4.79 Å². The number of carbonyl (C=O) groups is 1. The first-order valence-corrected chi connectivity index (χ1v) is 4.56. The lowest BCUT2D eigenvalue weighted by atomic mass is 9.95. The molecule has 0 aliphatic carbocycles. The van der Waals surface area contributed by atoms with Gasteiger partial charge >= 0.3 is 0 Å². The Morgan fingerprint density at radius 3 is 3.00 bits per heavy atom. The molecule has 0 spiro atoms. The van der Waals surface area contributed by atoms with Gasteiger partial charge in [-0.25, -0.2) is 0 Å². The van der Waals surface area contributed by atoms with Crippen molar-refractivity contribution in [3.05, 3.63) is 0 Å². The maximum Gasteiger partial charge on any atom is 0.140 e. The molecule has 1 aliphatic rings. The van der Waals surface area contributed by atoms with Gasteiger partial charge in [0.15, 0.2) is 0 Å². The number of unbranched alkanes of at least 4 members (excludes halogenated alkanes) is 1. The van der Waals surface area contributed by atoms with Crippen LogP contribution in [-0.4, -0.2) is 30.7 Å². The van der Waals surface area contributed by atoms with Crippen molar-refractivity contribution in [2.75, 3.05) is 19.8 Å². The van der Waals surface area contributed by atoms with Crippen LogP contribution < -0.4 is 0 Å². The van der Waals surface area contributed by atoms with Gasteiger partial charge < -0.3 is 9.84 Å². The molecule has 12 heavy (non-hydrogen) atoms. The van der Waals surface area contributed by atoms with Gasteiger partial charge in [0.1, 0.15) is 5.78 Å². The summed E-state index contributed by atoms with van der Waals surface area (Å²) in [7, 11) is 0. The van der Waals surface area contributed by atoms with Crippen molar-refractivity contribution in [1.29, 1.82) is 0 Å². The lowest BCUT2D eigenvalue weighted by Gasteiger charge is -2.20. The second-order valence-electron chi connectivity index (χ2n) is 3.21. The Balaban J connectivity index is 2.16. The van der Waals surface area contributed by atoms with Gasteiger partial charge in [-0.15, -0.1) is 0 Å². The molecule has 0 unspecified atom stereocenters. The van der Waals surface area contributed by atoms with E-state index in [1.165, 1.54) is 0 Å². The fourth-order valence-electron chi connectivity index (χ4n) is 1.44. The highest BCUT2D eigenvalue weighted by Crippen LogP contribution is 2.16. The van der Waals surface area contributed by atoms with E-state index in [1.54, 1.807) is 0 Å². The molecule has 1 fully saturated rings. The predicted molar refractivity (Wildman–Crippen MR) is 44.9 cm³/mol. The van der Waals surface area contributed by atoms with Crippen LogP contribution in [0.3, 0.4) is 0 Å². The highest BCUT2D eigenvalue weighted by Gasteiger charge is 2.21. The summed E-state index contributed by atoms with van der Waals surface area (Å²) in [6, 6.07) is 0. The van der Waals surface area contributed by atoms with Crippen LogP contribution in [0.1, 0.15) is 25.7 Å². The minimum Gasteiger partial charge on any atom is -0.396 e. The summed E-state index contributed by atoms with van der Waals surface area (Å²) in [5, 5.41) is 8.55. The van der Waals surface area contributed by atoms with E-state index in [4.69, 9.17) is 9.84 Å². The summed E-state index contributed by atoms with van der Waals surface area (Å²) < 4.78 is 5.20. The summed E-state index contributed by atoms with van der Waals surface area (Å²) in [4.78, 5) is 11.2. The lowest BCUT2D eigenvalue weighted by Crippen LogP contribution is -2.27. The number of rotatable bonds is 4. The zero-order valence-electron chi connectivity index (χ0n) is 7.29. The van der Waals surface area contributed by atoms with Gasteiger partial charge in [-0.1, -0.05) is 6.42 Å². The lowest BCUT2D eigenvalue weighted by molar-refractivity contribution is -0.130. The summed E-state index contributed by atoms with van der Waals surface area (Å²) in [6.07, 6.45) is 3.17. The van der Waals surface area contributed by atoms with E-state index < -0.39 is 0 Å². The van der Waals surface area contributed by atoms with E-state index in [2.05, 4.69) is 0 Å². The summed E-state index contributed by atoms with van der Waals surface area (Å²) in [5.41, 5.74) is 0. The van der Waals surface area contributed by atoms with Crippen molar-refractivity contribution < 1.29 is 14.6 Å². The van der Waals surface area contributed by atoms with Crippen molar-refractivity contribution in [3.63, 3.8) is 0 Å². The Morgan fingerprint density at radius 2 is 2.33 bits per heavy atom. The summed E-state index contributed by atoms with van der Waals surface area (Å²) in [5.74, 6) is 0.435. The third-order valence-electron chi connectivity index (χ3n) is 2.23. The van der Waals surface area contributed by atoms with Gasteiger partial charge in [-0.2, -0.15) is 0 Å². The first kappa shape index (κ1) is 9.68. The standard InChI is InChI=1S/C9H16O3/c10-5-2-1-3-8-7-12-6-4-9(8)11/h8,10H,1-7H2/t8-/m1/s1. The van der Waals surface area contributed by atoms with E-state index >= 15 is 0 Å². The van der Waals surface area contributed by atoms with Crippen molar-refractivity contribution >= 4 is 5.78 Å². The first-order chi connectivity index (χ1) is 5.84. The van der Waals surface area contributed by atoms with Crippen LogP contribution in [0.25, 0.3) is 0 Å². The molecular weight excluding hydrogens is 156 g/mol. The molecule has 1 atom stereocenters. The Kier molecular flexibility index (Phi) is 4.25. The zero-order valence-corrected chi connectivity index (χ0v) is 7.29. The SMILES string of the molecule is O=C1CCOC[C@H]1CCCCO. The number of Topliss-reactive ketones (excluding diaryl/α,β-unsaturated/α-hetero) is 1. The van der Waals surface area contributed by atoms with Crippen LogP contribution in [0.15, 0.2) is 0 Å². The van der Waals surface area contributed by atoms with Gasteiger partial charge in [0.05, 0.1) is 13.2 Å². The van der Waals surface area contributed by atoms with E-state index in [-0.39, 0.29) is 12.5 Å². The smallest absolute Gasteiger partial charge is 0.140 e. The van der Waals surface area contributed by atoms with E-state index in [0.717, 1.165) is 19.3 Å². The second kappa shape index (κ2) is 5.27. The van der Waals surface area contributed by atoms with Crippen molar-refractivity contribution in [2.24, 2.45) is 5.92 Å². The fourth-order valence-corrected chi connectivity index (χ4v) is 1.44. The number of ether oxygens (including phenoxy) is 1. The number of aliphatic hydroxyl groups is 1. The van der Waals surface area contributed by atoms with Crippen molar-refractivity contribution in [1.82, 2.24) is 0 Å². The average Bonchev–Trinajstić information content (AvgIpc) is 2.09. The number of hydrogen-bond donors (Lipinski definition) is 1. The zero-order chi connectivity index (χ0) is 8.81. The first-order valence-electron chi connectivity index (χ1n) is 4.56. The Labute approximate surface area is 72.7 Å². The van der Waals surface area contributed by atoms with E-state index in [1.807, 2.05) is 0 Å². The molecular formula is C9H16O3. The minimum absolute atomic E-state index is 0.102. The van der Waals surface area contributed by atoms with Crippen LogP contribution >= 0.6 is 0 Å². The van der Waals surface area contributed by atoms with Gasteiger partial charge in [-0.05, 0) is 12.8 Å². The van der Waals surface area contributed by atoms with Gasteiger partial charge in [0, 0.05) is 18.9 Å². The molecule has 0 bridgehead atoms. The molecule has 1 aliphatic heterocycles. The molecule has 3 heteroatoms. The molecule has 70 valence electrons. The highest BCUT2D eigenvalue weighted by molar-refractivity contribution is 5.81. The van der Waals surface area contributed by atoms with E-state index in [9.17, 15) is 4.79 Å². The van der Waals surface area contributed by atoms with Gasteiger partial charge in [0.25, 0.3) is 0 Å². The molecule has 1 heterocycles. The number of ketones is 1. The van der Waals surface area contributed by atoms with Crippen LogP contribution in [0.4, 0.5) is 0 Å². The fraction of sp³-hybridized carbons (Fsp3) is 0.889. The van der Waals surface area contributed by atoms with Crippen LogP contribution in [-0.2, 0) is 9.53 Å². The molecule has 0 radical (unpaired) electrons. The quantitative estimate of drug-likeness (QED) is 0.637. The Morgan fingerprint density at radius 1 is 1.50 bits per heavy atom. The maximum atomic E-state index is 11.2. The van der Waals surface area contributed by atoms with Crippen LogP contribution in [0.5, 0.6) is 0 Å².